The van der Waals surface area contributed by atoms with E-state index in [1.54, 1.807) is 0 Å². The second kappa shape index (κ2) is 3.47. The predicted molar refractivity (Wildman–Crippen MR) is 54.3 cm³/mol. The van der Waals surface area contributed by atoms with Crippen LogP contribution in [0.2, 0.25) is 12.1 Å². The maximum atomic E-state index is 2.27. The van der Waals surface area contributed by atoms with Gasteiger partial charge in [-0.3, -0.25) is 0 Å². The summed E-state index contributed by atoms with van der Waals surface area (Å²) < 4.78 is 0. The van der Waals surface area contributed by atoms with E-state index in [4.69, 9.17) is 0 Å². The van der Waals surface area contributed by atoms with Crippen LogP contribution < -0.4 is 0 Å². The molecular formula is C10H20B. The highest BCUT2D eigenvalue weighted by Crippen LogP contribution is 2.27. The Morgan fingerprint density at radius 3 is 1.64 bits per heavy atom. The van der Waals surface area contributed by atoms with Crippen molar-refractivity contribution in [3.63, 3.8) is 0 Å². The Balaban J connectivity index is 4.13. The molecule has 0 saturated carbocycles. The number of hydrogen-bond acceptors (Lipinski definition) is 0. The third kappa shape index (κ3) is 6.21. The van der Waals surface area contributed by atoms with Crippen molar-refractivity contribution in [3.05, 3.63) is 12.2 Å². The van der Waals surface area contributed by atoms with Crippen LogP contribution in [0.4, 0.5) is 0 Å². The molecule has 1 radical (unpaired) electrons. The molecule has 0 aliphatic heterocycles. The zero-order chi connectivity index (χ0) is 9.12. The van der Waals surface area contributed by atoms with Crippen molar-refractivity contribution in [2.45, 2.75) is 46.8 Å². The Hall–Kier alpha value is -0.195. The molecule has 0 heterocycles. The van der Waals surface area contributed by atoms with Crippen molar-refractivity contribution in [3.8, 4) is 0 Å². The Morgan fingerprint density at radius 1 is 0.909 bits per heavy atom. The van der Waals surface area contributed by atoms with E-state index >= 15 is 0 Å². The monoisotopic (exact) mass is 151 g/mol. The average molecular weight is 151 g/mol. The van der Waals surface area contributed by atoms with Gasteiger partial charge in [0.05, 0.1) is 0 Å². The normalized spacial score (nSPS) is 14.0. The van der Waals surface area contributed by atoms with Crippen LogP contribution in [0, 0.1) is 5.41 Å². The molecule has 0 unspecified atom stereocenters. The highest BCUT2D eigenvalue weighted by atomic mass is 14.1. The highest BCUT2D eigenvalue weighted by molar-refractivity contribution is 6.38. The molecule has 0 aromatic carbocycles. The van der Waals surface area contributed by atoms with E-state index in [1.165, 1.54) is 0 Å². The van der Waals surface area contributed by atoms with E-state index < -0.39 is 0 Å². The van der Waals surface area contributed by atoms with Crippen molar-refractivity contribution in [1.29, 1.82) is 0 Å². The summed E-state index contributed by atoms with van der Waals surface area (Å²) in [6.45, 7) is 13.2. The molecule has 0 aliphatic carbocycles. The zero-order valence-corrected chi connectivity index (χ0v) is 8.73. The fourth-order valence-electron chi connectivity index (χ4n) is 0.561. The second-order valence-corrected chi connectivity index (χ2v) is 4.81. The lowest BCUT2D eigenvalue weighted by Crippen LogP contribution is -2.08. The van der Waals surface area contributed by atoms with Gasteiger partial charge in [0, 0.05) is 0 Å². The average Bonchev–Trinajstić information content (AvgIpc) is 1.83. The molecule has 0 aliphatic rings. The summed E-state index contributed by atoms with van der Waals surface area (Å²) >= 11 is 0. The molecule has 0 atom stereocenters. The number of hydrogen-bond donors (Lipinski definition) is 0. The first-order valence-electron chi connectivity index (χ1n) is 4.28. The van der Waals surface area contributed by atoms with Crippen molar-refractivity contribution in [1.82, 2.24) is 0 Å². The topological polar surface area (TPSA) is 0 Å². The van der Waals surface area contributed by atoms with E-state index in [9.17, 15) is 0 Å². The summed E-state index contributed by atoms with van der Waals surface area (Å²) in [6.07, 6.45) is 4.54. The molecule has 0 fully saturated rings. The van der Waals surface area contributed by atoms with E-state index in [2.05, 4.69) is 60.9 Å². The summed E-state index contributed by atoms with van der Waals surface area (Å²) in [6, 6.07) is 0. The third-order valence-electron chi connectivity index (χ3n) is 1.76. The molecule has 0 nitrogen and oxygen atoms in total. The van der Waals surface area contributed by atoms with Gasteiger partial charge in [-0.15, -0.1) is 0 Å². The van der Waals surface area contributed by atoms with Crippen LogP contribution >= 0.6 is 0 Å². The fraction of sp³-hybridized carbons (Fsp3) is 0.800. The predicted octanol–water partition coefficient (Wildman–Crippen LogP) is 3.54. The fourth-order valence-corrected chi connectivity index (χ4v) is 0.561. The van der Waals surface area contributed by atoms with Gasteiger partial charge in [-0.2, -0.15) is 0 Å². The smallest absolute Gasteiger partial charge is 0.0911 e. The van der Waals surface area contributed by atoms with Gasteiger partial charge in [0.2, 0.25) is 0 Å². The van der Waals surface area contributed by atoms with Crippen LogP contribution in [-0.4, -0.2) is 7.28 Å². The van der Waals surface area contributed by atoms with Crippen LogP contribution in [0.15, 0.2) is 12.2 Å². The van der Waals surface area contributed by atoms with Crippen molar-refractivity contribution in [2.24, 2.45) is 5.41 Å². The first-order valence-corrected chi connectivity index (χ1v) is 4.28. The summed E-state index contributed by atoms with van der Waals surface area (Å²) in [5, 5.41) is 0.243. The first-order chi connectivity index (χ1) is 4.77. The van der Waals surface area contributed by atoms with E-state index in [1.807, 2.05) is 0 Å². The summed E-state index contributed by atoms with van der Waals surface area (Å²) in [7, 11) is 2.22. The SMILES string of the molecule is C[B]C(C)(C)/C=C\C(C)(C)C. The van der Waals surface area contributed by atoms with Crippen molar-refractivity contribution < 1.29 is 0 Å². The standard InChI is InChI=1S/C10H20B/c1-9(2,3)7-8-10(4,5)11-6/h7-8H,1-6H3/b8-7-. The van der Waals surface area contributed by atoms with Crippen molar-refractivity contribution in [2.75, 3.05) is 0 Å². The van der Waals surface area contributed by atoms with Gasteiger partial charge >= 0.3 is 0 Å². The van der Waals surface area contributed by atoms with Gasteiger partial charge in [-0.05, 0) is 10.7 Å². The van der Waals surface area contributed by atoms with Crippen LogP contribution in [0.25, 0.3) is 0 Å². The molecule has 0 amide bonds. The third-order valence-corrected chi connectivity index (χ3v) is 1.76. The minimum atomic E-state index is 0.243. The molecule has 0 bridgehead atoms. The molecule has 0 aromatic rings. The van der Waals surface area contributed by atoms with E-state index in [0.29, 0.717) is 5.41 Å². The summed E-state index contributed by atoms with van der Waals surface area (Å²) in [5.74, 6) is 0. The Morgan fingerprint density at radius 2 is 1.36 bits per heavy atom. The van der Waals surface area contributed by atoms with Gasteiger partial charge in [-0.25, -0.2) is 0 Å². The number of rotatable bonds is 2. The van der Waals surface area contributed by atoms with Gasteiger partial charge in [0.1, 0.15) is 7.28 Å². The molecular weight excluding hydrogens is 131 g/mol. The van der Waals surface area contributed by atoms with Crippen LogP contribution in [-0.2, 0) is 0 Å². The van der Waals surface area contributed by atoms with Crippen molar-refractivity contribution >= 4 is 7.28 Å². The molecule has 1 heteroatoms. The lowest BCUT2D eigenvalue weighted by Gasteiger charge is -2.19. The van der Waals surface area contributed by atoms with Crippen LogP contribution in [0.5, 0.6) is 0 Å². The lowest BCUT2D eigenvalue weighted by molar-refractivity contribution is 0.539. The maximum Gasteiger partial charge on any atom is 0.118 e. The van der Waals surface area contributed by atoms with Gasteiger partial charge in [0.25, 0.3) is 0 Å². The van der Waals surface area contributed by atoms with E-state index in [0.717, 1.165) is 0 Å². The molecule has 0 saturated heterocycles. The molecule has 0 spiro atoms. The minimum Gasteiger partial charge on any atom is -0.0911 e. The summed E-state index contributed by atoms with van der Waals surface area (Å²) in [5.41, 5.74) is 0.306. The minimum absolute atomic E-state index is 0.243. The largest absolute Gasteiger partial charge is 0.118 e. The maximum absolute atomic E-state index is 2.27. The quantitative estimate of drug-likeness (QED) is 0.418. The Kier molecular flexibility index (Phi) is 3.41. The van der Waals surface area contributed by atoms with Crippen LogP contribution in [0.1, 0.15) is 34.6 Å². The zero-order valence-electron chi connectivity index (χ0n) is 8.73. The van der Waals surface area contributed by atoms with Gasteiger partial charge in [-0.1, -0.05) is 53.6 Å². The lowest BCUT2D eigenvalue weighted by atomic mass is 9.56. The highest BCUT2D eigenvalue weighted by Gasteiger charge is 2.13. The van der Waals surface area contributed by atoms with Gasteiger partial charge < -0.3 is 0 Å². The molecule has 0 rings (SSSR count). The summed E-state index contributed by atoms with van der Waals surface area (Å²) in [4.78, 5) is 0. The Labute approximate surface area is 72.3 Å². The Bertz CT molecular complexity index is 137. The molecule has 0 aromatic heterocycles. The second-order valence-electron chi connectivity index (χ2n) is 4.81. The van der Waals surface area contributed by atoms with Crippen LogP contribution in [0.3, 0.4) is 0 Å². The van der Waals surface area contributed by atoms with Gasteiger partial charge in [0.15, 0.2) is 0 Å². The molecule has 0 N–H and O–H groups in total. The number of allylic oxidation sites excluding steroid dienone is 2. The molecule has 63 valence electrons. The van der Waals surface area contributed by atoms with E-state index in [-0.39, 0.29) is 5.31 Å². The molecule has 11 heavy (non-hydrogen) atoms. The first kappa shape index (κ1) is 10.8.